The van der Waals surface area contributed by atoms with E-state index in [-0.39, 0.29) is 12.5 Å². The molecule has 38 heavy (non-hydrogen) atoms. The van der Waals surface area contributed by atoms with Gasteiger partial charge < -0.3 is 14.2 Å². The van der Waals surface area contributed by atoms with Crippen molar-refractivity contribution in [1.82, 2.24) is 4.90 Å². The van der Waals surface area contributed by atoms with Crippen molar-refractivity contribution in [2.24, 2.45) is 0 Å². The van der Waals surface area contributed by atoms with E-state index in [1.165, 1.54) is 7.11 Å². The molecule has 7 nitrogen and oxygen atoms in total. The molecule has 0 atom stereocenters. The van der Waals surface area contributed by atoms with E-state index < -0.39 is 5.97 Å². The molecular formula is C28H24Br2N2O5S. The van der Waals surface area contributed by atoms with Gasteiger partial charge in [-0.1, -0.05) is 30.3 Å². The topological polar surface area (TPSA) is 68.3 Å². The summed E-state index contributed by atoms with van der Waals surface area (Å²) in [6, 6.07) is 20.8. The molecule has 3 aromatic rings. The van der Waals surface area contributed by atoms with Crippen molar-refractivity contribution in [3.05, 3.63) is 92.5 Å². The number of benzene rings is 3. The minimum absolute atomic E-state index is 0.217. The van der Waals surface area contributed by atoms with Crippen molar-refractivity contribution >= 4 is 72.8 Å². The highest BCUT2D eigenvalue weighted by atomic mass is 79.9. The molecule has 10 heteroatoms. The molecule has 3 aromatic carbocycles. The van der Waals surface area contributed by atoms with Gasteiger partial charge in [0.15, 0.2) is 11.7 Å². The summed E-state index contributed by atoms with van der Waals surface area (Å²) in [5.41, 5.74) is 2.83. The van der Waals surface area contributed by atoms with Crippen LogP contribution >= 0.6 is 44.1 Å². The number of methoxy groups -OCH3 is 1. The largest absolute Gasteiger partial charge is 0.494 e. The van der Waals surface area contributed by atoms with Crippen LogP contribution in [-0.2, 0) is 20.9 Å². The average molecular weight is 660 g/mol. The number of esters is 1. The minimum atomic E-state index is -0.496. The number of carbonyl (C=O) groups is 2. The number of amides is 1. The molecule has 0 radical (unpaired) electrons. The van der Waals surface area contributed by atoms with E-state index in [9.17, 15) is 9.59 Å². The van der Waals surface area contributed by atoms with Crippen LogP contribution in [0.2, 0.25) is 0 Å². The second-order valence-corrected chi connectivity index (χ2v) is 10.2. The summed E-state index contributed by atoms with van der Waals surface area (Å²) in [6.45, 7) is 2.59. The van der Waals surface area contributed by atoms with Crippen LogP contribution in [-0.4, -0.2) is 42.2 Å². The summed E-state index contributed by atoms with van der Waals surface area (Å²) in [6.07, 6.45) is 1.77. The molecule has 0 saturated carbocycles. The predicted octanol–water partition coefficient (Wildman–Crippen LogP) is 6.34. The molecule has 0 unspecified atom stereocenters. The first-order valence-electron chi connectivity index (χ1n) is 11.7. The normalized spacial score (nSPS) is 14.3. The highest BCUT2D eigenvalue weighted by Crippen LogP contribution is 2.37. The Hall–Kier alpha value is -3.21. The maximum atomic E-state index is 13.7. The van der Waals surface area contributed by atoms with Gasteiger partial charge >= 0.3 is 5.97 Å². The summed E-state index contributed by atoms with van der Waals surface area (Å²) in [5, 5.41) is 0.380. The van der Waals surface area contributed by atoms with Gasteiger partial charge in [0.25, 0.3) is 5.91 Å². The van der Waals surface area contributed by atoms with Gasteiger partial charge in [-0.05, 0) is 105 Å². The summed E-state index contributed by atoms with van der Waals surface area (Å²) < 4.78 is 17.0. The molecule has 1 heterocycles. The maximum Gasteiger partial charge on any atom is 0.343 e. The highest BCUT2D eigenvalue weighted by Gasteiger charge is 2.39. The van der Waals surface area contributed by atoms with Crippen LogP contribution in [0.4, 0.5) is 5.69 Å². The number of thiocarbonyl (C=S) groups is 1. The summed E-state index contributed by atoms with van der Waals surface area (Å²) in [5.74, 6) is 0.463. The van der Waals surface area contributed by atoms with Gasteiger partial charge in [0.1, 0.15) is 17.2 Å². The standard InChI is InChI=1S/C28H24Br2N2O5S/c1-3-36-21-11-9-20(10-12-21)32-24(27(34)31(28(32)38)16-18-7-5-4-6-8-18)15-19-13-22(29)26(23(30)14-19)37-17-25(33)35-2/h4-15H,3,16-17H2,1-2H3/b24-15+. The van der Waals surface area contributed by atoms with E-state index in [0.29, 0.717) is 38.7 Å². The van der Waals surface area contributed by atoms with Crippen molar-refractivity contribution in [2.45, 2.75) is 13.5 Å². The Labute approximate surface area is 243 Å². The van der Waals surface area contributed by atoms with Gasteiger partial charge in [-0.3, -0.25) is 14.6 Å². The third kappa shape index (κ3) is 6.25. The highest BCUT2D eigenvalue weighted by molar-refractivity contribution is 9.11. The third-order valence-corrected chi connectivity index (χ3v) is 7.18. The molecule has 1 saturated heterocycles. The Kier molecular flexibility index (Phi) is 9.19. The minimum Gasteiger partial charge on any atom is -0.494 e. The molecule has 4 rings (SSSR count). The predicted molar refractivity (Wildman–Crippen MR) is 157 cm³/mol. The zero-order valence-corrected chi connectivity index (χ0v) is 24.6. The Morgan fingerprint density at radius 2 is 1.66 bits per heavy atom. The van der Waals surface area contributed by atoms with Crippen molar-refractivity contribution in [3.63, 3.8) is 0 Å². The average Bonchev–Trinajstić information content (AvgIpc) is 3.13. The van der Waals surface area contributed by atoms with Crippen molar-refractivity contribution < 1.29 is 23.8 Å². The van der Waals surface area contributed by atoms with Crippen LogP contribution < -0.4 is 14.4 Å². The van der Waals surface area contributed by atoms with Gasteiger partial charge in [0, 0.05) is 5.69 Å². The molecule has 1 aliphatic rings. The second kappa shape index (κ2) is 12.6. The molecule has 1 amide bonds. The van der Waals surface area contributed by atoms with Crippen LogP contribution in [0.5, 0.6) is 11.5 Å². The molecule has 1 fully saturated rings. The fraction of sp³-hybridized carbons (Fsp3) is 0.179. The Morgan fingerprint density at radius 1 is 1.00 bits per heavy atom. The van der Waals surface area contributed by atoms with E-state index in [0.717, 1.165) is 22.6 Å². The first-order chi connectivity index (χ1) is 18.3. The number of anilines is 1. The van der Waals surface area contributed by atoms with Crippen LogP contribution in [0.1, 0.15) is 18.1 Å². The quantitative estimate of drug-likeness (QED) is 0.151. The summed E-state index contributed by atoms with van der Waals surface area (Å²) in [7, 11) is 1.30. The Bertz CT molecular complexity index is 1360. The molecule has 0 N–H and O–H groups in total. The Balaban J connectivity index is 1.72. The Morgan fingerprint density at radius 3 is 2.26 bits per heavy atom. The molecular weight excluding hydrogens is 636 g/mol. The molecule has 196 valence electrons. The van der Waals surface area contributed by atoms with Gasteiger partial charge in [-0.2, -0.15) is 0 Å². The van der Waals surface area contributed by atoms with Gasteiger partial charge in [-0.15, -0.1) is 0 Å². The van der Waals surface area contributed by atoms with E-state index in [1.807, 2.05) is 61.5 Å². The zero-order chi connectivity index (χ0) is 27.2. The lowest BCUT2D eigenvalue weighted by Gasteiger charge is -2.21. The number of rotatable bonds is 9. The summed E-state index contributed by atoms with van der Waals surface area (Å²) >= 11 is 12.8. The zero-order valence-electron chi connectivity index (χ0n) is 20.6. The lowest BCUT2D eigenvalue weighted by atomic mass is 10.1. The van der Waals surface area contributed by atoms with E-state index >= 15 is 0 Å². The van der Waals surface area contributed by atoms with Crippen LogP contribution in [0, 0.1) is 0 Å². The molecule has 1 aliphatic heterocycles. The maximum absolute atomic E-state index is 13.7. The molecule has 0 aliphatic carbocycles. The van der Waals surface area contributed by atoms with E-state index in [1.54, 1.807) is 28.0 Å². The lowest BCUT2D eigenvalue weighted by Crippen LogP contribution is -2.32. The van der Waals surface area contributed by atoms with Crippen LogP contribution in [0.25, 0.3) is 6.08 Å². The van der Waals surface area contributed by atoms with Crippen LogP contribution in [0.15, 0.2) is 81.4 Å². The summed E-state index contributed by atoms with van der Waals surface area (Å²) in [4.78, 5) is 28.6. The smallest absolute Gasteiger partial charge is 0.343 e. The van der Waals surface area contributed by atoms with Crippen molar-refractivity contribution in [1.29, 1.82) is 0 Å². The molecule has 0 spiro atoms. The van der Waals surface area contributed by atoms with Gasteiger partial charge in [0.05, 0.1) is 29.2 Å². The van der Waals surface area contributed by atoms with Crippen molar-refractivity contribution in [2.75, 3.05) is 25.2 Å². The second-order valence-electron chi connectivity index (χ2n) is 8.13. The van der Waals surface area contributed by atoms with E-state index in [4.69, 9.17) is 21.7 Å². The monoisotopic (exact) mass is 658 g/mol. The number of nitrogens with zero attached hydrogens (tertiary/aromatic N) is 2. The first kappa shape index (κ1) is 27.8. The van der Waals surface area contributed by atoms with Gasteiger partial charge in [0.2, 0.25) is 0 Å². The molecule has 0 bridgehead atoms. The number of carbonyl (C=O) groups excluding carboxylic acids is 2. The molecule has 0 aromatic heterocycles. The lowest BCUT2D eigenvalue weighted by molar-refractivity contribution is -0.142. The van der Waals surface area contributed by atoms with Crippen LogP contribution in [0.3, 0.4) is 0 Å². The third-order valence-electron chi connectivity index (χ3n) is 5.60. The first-order valence-corrected chi connectivity index (χ1v) is 13.6. The fourth-order valence-corrected chi connectivity index (χ4v) is 5.63. The number of hydrogen-bond acceptors (Lipinski definition) is 6. The number of ether oxygens (including phenoxy) is 3. The fourth-order valence-electron chi connectivity index (χ4n) is 3.83. The van der Waals surface area contributed by atoms with Gasteiger partial charge in [-0.25, -0.2) is 4.79 Å². The number of hydrogen-bond donors (Lipinski definition) is 0. The van der Waals surface area contributed by atoms with E-state index in [2.05, 4.69) is 36.6 Å². The van der Waals surface area contributed by atoms with Crippen molar-refractivity contribution in [3.8, 4) is 11.5 Å². The SMILES string of the molecule is CCOc1ccc(N2C(=S)N(Cc3ccccc3)C(=O)/C2=C\c2cc(Br)c(OCC(=O)OC)c(Br)c2)cc1. The number of halogens is 2.